The fourth-order valence-corrected chi connectivity index (χ4v) is 5.41. The van der Waals surface area contributed by atoms with Crippen molar-refractivity contribution in [3.63, 3.8) is 0 Å². The molecule has 10 atom stereocenters. The minimum atomic E-state index is -1.57. The van der Waals surface area contributed by atoms with E-state index in [1.54, 1.807) is 27.7 Å². The van der Waals surface area contributed by atoms with Crippen LogP contribution in [0.3, 0.4) is 0 Å². The Morgan fingerprint density at radius 3 is 1.72 bits per heavy atom. The number of hydrogen-bond donors (Lipinski definition) is 9. The van der Waals surface area contributed by atoms with Gasteiger partial charge in [0.1, 0.15) is 43.7 Å². The third-order valence-corrected chi connectivity index (χ3v) is 7.81. The van der Waals surface area contributed by atoms with Crippen molar-refractivity contribution in [1.29, 1.82) is 0 Å². The number of aliphatic hydroxyl groups is 3. The molecule has 0 unspecified atom stereocenters. The first-order valence-corrected chi connectivity index (χ1v) is 17.2. The highest BCUT2D eigenvalue weighted by molar-refractivity contribution is 5.77. The normalized spacial score (nSPS) is 30.0. The molecule has 0 aromatic carbocycles. The van der Waals surface area contributed by atoms with Crippen molar-refractivity contribution in [2.75, 3.05) is 65.7 Å². The van der Waals surface area contributed by atoms with Gasteiger partial charge in [-0.15, -0.1) is 0 Å². The highest BCUT2D eigenvalue weighted by Crippen LogP contribution is 2.34. The summed E-state index contributed by atoms with van der Waals surface area (Å²) in [6.07, 6.45) is -11.7. The minimum Gasteiger partial charge on any atom is -0.387 e. The number of nitrogens with two attached hydrogens (primary N) is 3. The third-order valence-electron chi connectivity index (χ3n) is 7.81. The summed E-state index contributed by atoms with van der Waals surface area (Å²) in [4.78, 5) is 37.2. The van der Waals surface area contributed by atoms with Gasteiger partial charge in [-0.2, -0.15) is 0 Å². The molecule has 0 radical (unpaired) electrons. The molecule has 0 saturated carbocycles. The van der Waals surface area contributed by atoms with Crippen molar-refractivity contribution in [1.82, 2.24) is 16.0 Å². The van der Waals surface area contributed by atoms with Gasteiger partial charge in [-0.3, -0.25) is 14.4 Å². The molecule has 2 heterocycles. The molecule has 2 saturated heterocycles. The lowest BCUT2D eigenvalue weighted by atomic mass is 9.85. The third kappa shape index (κ3) is 14.9. The van der Waals surface area contributed by atoms with Gasteiger partial charge < -0.3 is 81.6 Å². The Labute approximate surface area is 293 Å². The lowest BCUT2D eigenvalue weighted by molar-refractivity contribution is -0.335. The van der Waals surface area contributed by atoms with E-state index in [0.29, 0.717) is 0 Å². The van der Waals surface area contributed by atoms with E-state index in [-0.39, 0.29) is 83.4 Å². The van der Waals surface area contributed by atoms with Gasteiger partial charge in [0, 0.05) is 51.6 Å². The average Bonchev–Trinajstić information content (AvgIpc) is 3.07. The lowest BCUT2D eigenvalue weighted by Gasteiger charge is -2.46. The maximum absolute atomic E-state index is 12.6. The zero-order valence-corrected chi connectivity index (χ0v) is 29.6. The van der Waals surface area contributed by atoms with Gasteiger partial charge in [-0.25, -0.2) is 0 Å². The Morgan fingerprint density at radius 1 is 0.660 bits per heavy atom. The molecular weight excluding hydrogens is 664 g/mol. The molecule has 0 bridgehead atoms. The fourth-order valence-electron chi connectivity index (χ4n) is 5.41. The van der Waals surface area contributed by atoms with Crippen LogP contribution < -0.4 is 33.2 Å². The second kappa shape index (κ2) is 23.5. The zero-order chi connectivity index (χ0) is 37.2. The molecule has 3 amide bonds. The topological polar surface area (TPSA) is 291 Å². The van der Waals surface area contributed by atoms with Crippen molar-refractivity contribution in [2.24, 2.45) is 23.1 Å². The van der Waals surface area contributed by atoms with E-state index in [9.17, 15) is 29.7 Å². The smallest absolute Gasteiger partial charge is 0.246 e. The van der Waals surface area contributed by atoms with E-state index >= 15 is 0 Å². The van der Waals surface area contributed by atoms with E-state index in [1.807, 2.05) is 0 Å². The van der Waals surface area contributed by atoms with Gasteiger partial charge >= 0.3 is 0 Å². The molecule has 292 valence electrons. The number of aliphatic hydroxyl groups excluding tert-OH is 3. The molecule has 0 aliphatic carbocycles. The van der Waals surface area contributed by atoms with Crippen molar-refractivity contribution in [3.05, 3.63) is 0 Å². The predicted octanol–water partition coefficient (Wildman–Crippen LogP) is -4.22. The molecule has 0 aromatic rings. The van der Waals surface area contributed by atoms with Crippen LogP contribution in [0, 0.1) is 5.92 Å². The molecule has 19 nitrogen and oxygen atoms in total. The minimum absolute atomic E-state index is 0.00231. The van der Waals surface area contributed by atoms with Crippen LogP contribution in [-0.4, -0.2) is 166 Å². The van der Waals surface area contributed by atoms with Crippen molar-refractivity contribution in [2.45, 2.75) is 108 Å². The summed E-state index contributed by atoms with van der Waals surface area (Å²) in [5, 5.41) is 41.5. The van der Waals surface area contributed by atoms with Gasteiger partial charge in [0.15, 0.2) is 12.6 Å². The van der Waals surface area contributed by atoms with E-state index in [2.05, 4.69) is 16.0 Å². The molecule has 0 spiro atoms. The van der Waals surface area contributed by atoms with Crippen LogP contribution in [0.4, 0.5) is 0 Å². The summed E-state index contributed by atoms with van der Waals surface area (Å²) in [6, 6.07) is 0. The molecule has 12 N–H and O–H groups in total. The number of nitrogens with one attached hydrogen (secondary N) is 3. The monoisotopic (exact) mass is 724 g/mol. The molecule has 2 aliphatic heterocycles. The van der Waals surface area contributed by atoms with Crippen LogP contribution in [0.25, 0.3) is 0 Å². The van der Waals surface area contributed by atoms with Gasteiger partial charge in [0.25, 0.3) is 0 Å². The fraction of sp³-hybridized carbons (Fsp3) is 0.903. The number of rotatable bonds is 23. The Kier molecular flexibility index (Phi) is 20.7. The first-order chi connectivity index (χ1) is 23.8. The second-order valence-electron chi connectivity index (χ2n) is 12.6. The second-order valence-corrected chi connectivity index (χ2v) is 12.6. The highest BCUT2D eigenvalue weighted by atomic mass is 16.7. The number of amides is 3. The summed E-state index contributed by atoms with van der Waals surface area (Å²) >= 11 is 0. The van der Waals surface area contributed by atoms with Crippen LogP contribution >= 0.6 is 0 Å². The Morgan fingerprint density at radius 2 is 1.18 bits per heavy atom. The molecule has 19 heteroatoms. The largest absolute Gasteiger partial charge is 0.387 e. The van der Waals surface area contributed by atoms with Crippen LogP contribution in [0.5, 0.6) is 0 Å². The average molecular weight is 725 g/mol. The maximum Gasteiger partial charge on any atom is 0.246 e. The van der Waals surface area contributed by atoms with Gasteiger partial charge in [0.05, 0.1) is 37.6 Å². The summed E-state index contributed by atoms with van der Waals surface area (Å²) in [7, 11) is 0. The molecule has 2 rings (SSSR count). The first-order valence-electron chi connectivity index (χ1n) is 17.2. The maximum atomic E-state index is 12.6. The van der Waals surface area contributed by atoms with Gasteiger partial charge in [-0.05, 0) is 34.1 Å². The number of carbonyl (C=O) groups excluding carboxylic acids is 3. The van der Waals surface area contributed by atoms with E-state index in [4.69, 9.17) is 50.4 Å². The summed E-state index contributed by atoms with van der Waals surface area (Å²) in [5.41, 5.74) is 16.4. The van der Waals surface area contributed by atoms with E-state index in [1.165, 1.54) is 0 Å². The Balaban J connectivity index is 2.33. The van der Waals surface area contributed by atoms with Crippen molar-refractivity contribution < 1.29 is 62.9 Å². The lowest BCUT2D eigenvalue weighted by Crippen LogP contribution is -2.62. The van der Waals surface area contributed by atoms with Crippen LogP contribution in [0.15, 0.2) is 0 Å². The number of carbonyl (C=O) groups is 3. The first kappa shape index (κ1) is 44.1. The predicted molar refractivity (Wildman–Crippen MR) is 177 cm³/mol. The standard InChI is InChI=1S/C31H60N6O13/c1-17(2)44-14-21-25(41)29(46-16-24(40)37-12-9-34)27(43)30(50-21)47-13-20-19(5-6-22(38)35-10-7-32)28(45-15-23(39)36-11-8-33)26(42)31(49-20)48-18(3)4/h17-21,25-31,41-43H,5-16,32-34H2,1-4H3,(H,35,38)(H,36,39)(H,37,40)/t19-,20-,21-,25-,26-,27-,28+,29+,30+,31+/m1/s1. The Bertz CT molecular complexity index is 999. The molecular formula is C31H60N6O13. The van der Waals surface area contributed by atoms with Crippen LogP contribution in [0.2, 0.25) is 0 Å². The SMILES string of the molecule is CC(C)OC[C@H]1O[C@H](OC[C@H]2O[C@H](OC(C)C)[C@H](O)[C@@H](OCC(=O)NCCN)[C@@H]2CCC(=O)NCCN)[C@H](O)[C@@H](OCC(=O)NCCN)[C@@H]1O. The Hall–Kier alpha value is -2.11. The van der Waals surface area contributed by atoms with E-state index in [0.717, 1.165) is 0 Å². The molecule has 2 fully saturated rings. The molecule has 0 aromatic heterocycles. The number of ether oxygens (including phenoxy) is 7. The summed E-state index contributed by atoms with van der Waals surface area (Å²) < 4.78 is 41.3. The quantitative estimate of drug-likeness (QED) is 0.0483. The van der Waals surface area contributed by atoms with Crippen LogP contribution in [0.1, 0.15) is 40.5 Å². The van der Waals surface area contributed by atoms with Crippen molar-refractivity contribution in [3.8, 4) is 0 Å². The molecule has 50 heavy (non-hydrogen) atoms. The highest BCUT2D eigenvalue weighted by Gasteiger charge is 2.50. The summed E-state index contributed by atoms with van der Waals surface area (Å²) in [6.45, 7) is 7.24. The zero-order valence-electron chi connectivity index (χ0n) is 29.6. The van der Waals surface area contributed by atoms with Crippen molar-refractivity contribution >= 4 is 17.7 Å². The van der Waals surface area contributed by atoms with E-state index < -0.39 is 86.3 Å². The number of hydrogen-bond acceptors (Lipinski definition) is 16. The molecule has 2 aliphatic rings. The van der Waals surface area contributed by atoms with Gasteiger partial charge in [0.2, 0.25) is 17.7 Å². The summed E-state index contributed by atoms with van der Waals surface area (Å²) in [5.74, 6) is -1.99. The van der Waals surface area contributed by atoms with Crippen LogP contribution in [-0.2, 0) is 47.5 Å². The van der Waals surface area contributed by atoms with Gasteiger partial charge in [-0.1, -0.05) is 0 Å².